The third kappa shape index (κ3) is 4.49. The minimum Gasteiger partial charge on any atom is -0.507 e. The van der Waals surface area contributed by atoms with E-state index < -0.39 is 5.97 Å². The van der Waals surface area contributed by atoms with Crippen LogP contribution in [0.2, 0.25) is 0 Å². The zero-order chi connectivity index (χ0) is 15.8. The van der Waals surface area contributed by atoms with Crippen molar-refractivity contribution in [3.8, 4) is 5.75 Å². The predicted molar refractivity (Wildman–Crippen MR) is 86.8 cm³/mol. The minimum absolute atomic E-state index is 0.105. The first kappa shape index (κ1) is 15.3. The van der Waals surface area contributed by atoms with Gasteiger partial charge in [-0.3, -0.25) is 5.43 Å². The van der Waals surface area contributed by atoms with Crippen LogP contribution in [0.15, 0.2) is 59.7 Å². The summed E-state index contributed by atoms with van der Waals surface area (Å²) < 4.78 is 4.53. The Balaban J connectivity index is 2.10. The standard InChI is InChI=1S/C17H16N2O3/c1-22-17(21)10-8-13-7-9-16(20)14(11-13)12-18-19-15-5-3-2-4-6-15/h2-12,19-20H,1H3. The number of esters is 1. The van der Waals surface area contributed by atoms with Crippen molar-refractivity contribution in [3.05, 3.63) is 65.7 Å². The number of nitrogens with one attached hydrogen (secondary N) is 1. The molecule has 0 radical (unpaired) electrons. The molecule has 5 nitrogen and oxygen atoms in total. The lowest BCUT2D eigenvalue weighted by Crippen LogP contribution is -1.94. The number of phenols is 1. The van der Waals surface area contributed by atoms with Crippen LogP contribution < -0.4 is 5.43 Å². The SMILES string of the molecule is COC(=O)C=Cc1ccc(O)c(C=NNc2ccccc2)c1. The molecule has 5 heteroatoms. The number of hydrogen-bond donors (Lipinski definition) is 2. The van der Waals surface area contributed by atoms with Crippen LogP contribution in [0.1, 0.15) is 11.1 Å². The number of carbonyl (C=O) groups excluding carboxylic acids is 1. The summed E-state index contributed by atoms with van der Waals surface area (Å²) in [5, 5.41) is 13.9. The molecule has 2 rings (SSSR count). The van der Waals surface area contributed by atoms with Gasteiger partial charge in [-0.25, -0.2) is 4.79 Å². The molecule has 0 bridgehead atoms. The van der Waals surface area contributed by atoms with Gasteiger partial charge in [0.1, 0.15) is 5.75 Å². The molecule has 0 saturated heterocycles. The Hall–Kier alpha value is -3.08. The first-order chi connectivity index (χ1) is 10.7. The van der Waals surface area contributed by atoms with Crippen molar-refractivity contribution in [2.24, 2.45) is 5.10 Å². The van der Waals surface area contributed by atoms with Crippen LogP contribution in [-0.2, 0) is 9.53 Å². The number of aromatic hydroxyl groups is 1. The molecule has 0 spiro atoms. The zero-order valence-electron chi connectivity index (χ0n) is 12.1. The third-order valence-electron chi connectivity index (χ3n) is 2.84. The van der Waals surface area contributed by atoms with Crippen LogP contribution in [0.5, 0.6) is 5.75 Å². The first-order valence-electron chi connectivity index (χ1n) is 6.62. The highest BCUT2D eigenvalue weighted by atomic mass is 16.5. The minimum atomic E-state index is -0.436. The van der Waals surface area contributed by atoms with E-state index in [0.29, 0.717) is 5.56 Å². The number of carbonyl (C=O) groups is 1. The number of anilines is 1. The van der Waals surface area contributed by atoms with Crippen molar-refractivity contribution in [1.82, 2.24) is 0 Å². The molecule has 0 heterocycles. The van der Waals surface area contributed by atoms with Gasteiger partial charge in [-0.05, 0) is 35.9 Å². The number of para-hydroxylation sites is 1. The second-order valence-electron chi connectivity index (χ2n) is 4.41. The van der Waals surface area contributed by atoms with Gasteiger partial charge < -0.3 is 9.84 Å². The second kappa shape index (κ2) is 7.64. The second-order valence-corrected chi connectivity index (χ2v) is 4.41. The molecule has 112 valence electrons. The lowest BCUT2D eigenvalue weighted by Gasteiger charge is -2.02. The number of methoxy groups -OCH3 is 1. The fourth-order valence-electron chi connectivity index (χ4n) is 1.70. The molecule has 0 aliphatic carbocycles. The van der Waals surface area contributed by atoms with E-state index in [0.717, 1.165) is 11.3 Å². The lowest BCUT2D eigenvalue weighted by molar-refractivity contribution is -0.134. The highest BCUT2D eigenvalue weighted by molar-refractivity contribution is 5.88. The molecule has 0 unspecified atom stereocenters. The van der Waals surface area contributed by atoms with Gasteiger partial charge in [0.15, 0.2) is 0 Å². The summed E-state index contributed by atoms with van der Waals surface area (Å²) in [6, 6.07) is 14.4. The van der Waals surface area contributed by atoms with Crippen LogP contribution in [0.3, 0.4) is 0 Å². The van der Waals surface area contributed by atoms with E-state index in [9.17, 15) is 9.90 Å². The summed E-state index contributed by atoms with van der Waals surface area (Å²) in [6.07, 6.45) is 4.43. The van der Waals surface area contributed by atoms with Crippen molar-refractivity contribution < 1.29 is 14.6 Å². The Morgan fingerprint density at radius 2 is 2.00 bits per heavy atom. The largest absolute Gasteiger partial charge is 0.507 e. The van der Waals surface area contributed by atoms with Crippen LogP contribution in [0.25, 0.3) is 6.08 Å². The number of benzene rings is 2. The first-order valence-corrected chi connectivity index (χ1v) is 6.62. The zero-order valence-corrected chi connectivity index (χ0v) is 12.1. The average Bonchev–Trinajstić information content (AvgIpc) is 2.56. The van der Waals surface area contributed by atoms with Crippen LogP contribution in [0.4, 0.5) is 5.69 Å². The molecule has 2 aromatic rings. The molecule has 0 aliphatic heterocycles. The maximum Gasteiger partial charge on any atom is 0.330 e. The van der Waals surface area contributed by atoms with E-state index in [1.165, 1.54) is 19.4 Å². The van der Waals surface area contributed by atoms with E-state index in [1.54, 1.807) is 24.3 Å². The van der Waals surface area contributed by atoms with Gasteiger partial charge in [0, 0.05) is 11.6 Å². The van der Waals surface area contributed by atoms with Crippen molar-refractivity contribution in [3.63, 3.8) is 0 Å². The Morgan fingerprint density at radius 3 is 2.73 bits per heavy atom. The molecular formula is C17H16N2O3. The summed E-state index contributed by atoms with van der Waals surface area (Å²) in [6.45, 7) is 0. The van der Waals surface area contributed by atoms with Gasteiger partial charge in [-0.1, -0.05) is 24.3 Å². The normalized spacial score (nSPS) is 11.0. The highest BCUT2D eigenvalue weighted by Crippen LogP contribution is 2.17. The number of phenolic OH excluding ortho intramolecular Hbond substituents is 1. The Labute approximate surface area is 128 Å². The van der Waals surface area contributed by atoms with E-state index in [-0.39, 0.29) is 5.75 Å². The van der Waals surface area contributed by atoms with Gasteiger partial charge in [0.25, 0.3) is 0 Å². The number of nitrogens with zero attached hydrogens (tertiary/aromatic N) is 1. The van der Waals surface area contributed by atoms with Crippen LogP contribution in [0, 0.1) is 0 Å². The predicted octanol–water partition coefficient (Wildman–Crippen LogP) is 3.02. The van der Waals surface area contributed by atoms with Crippen molar-refractivity contribution >= 4 is 23.9 Å². The van der Waals surface area contributed by atoms with Crippen molar-refractivity contribution in [2.75, 3.05) is 12.5 Å². The molecule has 0 aromatic heterocycles. The molecular weight excluding hydrogens is 280 g/mol. The van der Waals surface area contributed by atoms with Gasteiger partial charge >= 0.3 is 5.97 Å². The van der Waals surface area contributed by atoms with Gasteiger partial charge in [-0.2, -0.15) is 5.10 Å². The molecule has 2 N–H and O–H groups in total. The topological polar surface area (TPSA) is 70.9 Å². The fraction of sp³-hybridized carbons (Fsp3) is 0.0588. The molecule has 2 aromatic carbocycles. The van der Waals surface area contributed by atoms with E-state index in [2.05, 4.69) is 15.3 Å². The monoisotopic (exact) mass is 296 g/mol. The third-order valence-corrected chi connectivity index (χ3v) is 2.84. The number of ether oxygens (including phenoxy) is 1. The molecule has 0 aliphatic rings. The van der Waals surface area contributed by atoms with Gasteiger partial charge in [-0.15, -0.1) is 0 Å². The molecule has 0 amide bonds. The smallest absolute Gasteiger partial charge is 0.330 e. The van der Waals surface area contributed by atoms with Crippen LogP contribution in [-0.4, -0.2) is 24.4 Å². The highest BCUT2D eigenvalue weighted by Gasteiger charge is 2.00. The summed E-state index contributed by atoms with van der Waals surface area (Å²) in [5.74, 6) is -0.331. The molecule has 0 atom stereocenters. The van der Waals surface area contributed by atoms with E-state index >= 15 is 0 Å². The maximum atomic E-state index is 11.1. The Bertz CT molecular complexity index is 694. The number of hydrazone groups is 1. The molecule has 22 heavy (non-hydrogen) atoms. The number of rotatable bonds is 5. The van der Waals surface area contributed by atoms with Crippen molar-refractivity contribution in [1.29, 1.82) is 0 Å². The summed E-state index contributed by atoms with van der Waals surface area (Å²) >= 11 is 0. The fourth-order valence-corrected chi connectivity index (χ4v) is 1.70. The van der Waals surface area contributed by atoms with Crippen molar-refractivity contribution in [2.45, 2.75) is 0 Å². The van der Waals surface area contributed by atoms with Crippen LogP contribution >= 0.6 is 0 Å². The van der Waals surface area contributed by atoms with E-state index in [4.69, 9.17) is 0 Å². The lowest BCUT2D eigenvalue weighted by atomic mass is 10.1. The number of hydrogen-bond acceptors (Lipinski definition) is 5. The Morgan fingerprint density at radius 1 is 1.23 bits per heavy atom. The Kier molecular flexibility index (Phi) is 5.31. The molecule has 0 fully saturated rings. The van der Waals surface area contributed by atoms with Gasteiger partial charge in [0.2, 0.25) is 0 Å². The quantitative estimate of drug-likeness (QED) is 0.385. The van der Waals surface area contributed by atoms with E-state index in [1.807, 2.05) is 30.3 Å². The summed E-state index contributed by atoms with van der Waals surface area (Å²) in [4.78, 5) is 11.1. The average molecular weight is 296 g/mol. The summed E-state index contributed by atoms with van der Waals surface area (Å²) in [7, 11) is 1.32. The summed E-state index contributed by atoms with van der Waals surface area (Å²) in [5.41, 5.74) is 5.00. The maximum absolute atomic E-state index is 11.1. The van der Waals surface area contributed by atoms with Gasteiger partial charge in [0.05, 0.1) is 19.0 Å². The molecule has 0 saturated carbocycles.